The number of H-pyrrole nitrogens is 1. The first-order valence-electron chi connectivity index (χ1n) is 12.3. The van der Waals surface area contributed by atoms with Gasteiger partial charge in [-0.15, -0.1) is 5.54 Å². The van der Waals surface area contributed by atoms with E-state index in [4.69, 9.17) is 4.74 Å². The van der Waals surface area contributed by atoms with Crippen molar-refractivity contribution in [1.82, 2.24) is 20.2 Å². The summed E-state index contributed by atoms with van der Waals surface area (Å²) in [5.74, 6) is 10.3. The molecule has 1 aliphatic heterocycles. The Morgan fingerprint density at radius 2 is 1.78 bits per heavy atom. The molecule has 1 saturated heterocycles. The smallest absolute Gasteiger partial charge is 0.407 e. The summed E-state index contributed by atoms with van der Waals surface area (Å²) in [6, 6.07) is 7.04. The highest BCUT2D eigenvalue weighted by Crippen LogP contribution is 2.34. The summed E-state index contributed by atoms with van der Waals surface area (Å²) in [5.41, 5.74) is 5.87. The number of nitrogens with one attached hydrogen (secondary N) is 2. The number of alkyl carbamates (subject to hydrolysis) is 1. The molecule has 1 aromatic carbocycles. The average Bonchev–Trinajstić information content (AvgIpc) is 3.45. The Bertz CT molecular complexity index is 1210. The van der Waals surface area contributed by atoms with Gasteiger partial charge < -0.3 is 19.9 Å². The fourth-order valence-electron chi connectivity index (χ4n) is 4.03. The number of imidazole rings is 1. The van der Waals surface area contributed by atoms with Gasteiger partial charge in [-0.1, -0.05) is 52.3 Å². The molecule has 3 rings (SSSR count). The monoisotopic (exact) mass is 504 g/mol. The summed E-state index contributed by atoms with van der Waals surface area (Å²) >= 11 is 0. The number of hydrogen-bond donors (Lipinski definition) is 2. The van der Waals surface area contributed by atoms with E-state index in [1.165, 1.54) is 7.11 Å². The van der Waals surface area contributed by atoms with Crippen molar-refractivity contribution in [2.24, 2.45) is 11.8 Å². The van der Waals surface area contributed by atoms with Gasteiger partial charge in [-0.2, -0.15) is 0 Å². The molecule has 0 radical (unpaired) electrons. The number of hydrogen-bond acceptors (Lipinski definition) is 4. The van der Waals surface area contributed by atoms with Crippen LogP contribution in [0, 0.1) is 35.1 Å². The van der Waals surface area contributed by atoms with Crippen molar-refractivity contribution in [2.75, 3.05) is 13.7 Å². The number of methoxy groups -OCH3 is 1. The van der Waals surface area contributed by atoms with Crippen LogP contribution in [0.4, 0.5) is 4.79 Å². The van der Waals surface area contributed by atoms with Crippen molar-refractivity contribution < 1.29 is 14.3 Å². The van der Waals surface area contributed by atoms with Crippen LogP contribution in [-0.2, 0) is 9.53 Å². The third kappa shape index (κ3) is 7.25. The van der Waals surface area contributed by atoms with E-state index < -0.39 is 20.2 Å². The van der Waals surface area contributed by atoms with E-state index in [2.05, 4.69) is 65.2 Å². The van der Waals surface area contributed by atoms with Crippen molar-refractivity contribution in [3.63, 3.8) is 0 Å². The Balaban J connectivity index is 1.75. The first kappa shape index (κ1) is 27.1. The molecule has 2 amide bonds. The maximum absolute atomic E-state index is 13.4. The Morgan fingerprint density at radius 1 is 1.14 bits per heavy atom. The van der Waals surface area contributed by atoms with Crippen LogP contribution in [0.5, 0.6) is 0 Å². The molecule has 2 heterocycles. The topological polar surface area (TPSA) is 87.3 Å². The van der Waals surface area contributed by atoms with Gasteiger partial charge in [0.2, 0.25) is 5.91 Å². The summed E-state index contributed by atoms with van der Waals surface area (Å²) < 4.78 is 4.72. The van der Waals surface area contributed by atoms with Crippen molar-refractivity contribution in [2.45, 2.75) is 58.9 Å². The van der Waals surface area contributed by atoms with Crippen molar-refractivity contribution >= 4 is 20.1 Å². The number of carbonyl (C=O) groups excluding carboxylic acids is 2. The molecule has 0 aliphatic carbocycles. The number of benzene rings is 1. The van der Waals surface area contributed by atoms with E-state index in [0.29, 0.717) is 24.0 Å². The van der Waals surface area contributed by atoms with Crippen LogP contribution in [0.15, 0.2) is 30.5 Å². The van der Waals surface area contributed by atoms with Crippen LogP contribution < -0.4 is 5.32 Å². The minimum atomic E-state index is -1.41. The normalized spacial score (nSPS) is 18.1. The lowest BCUT2D eigenvalue weighted by Gasteiger charge is -2.30. The number of aromatic amines is 1. The van der Waals surface area contributed by atoms with E-state index >= 15 is 0 Å². The number of carbonyl (C=O) groups is 2. The van der Waals surface area contributed by atoms with E-state index in [-0.39, 0.29) is 17.9 Å². The van der Waals surface area contributed by atoms with Crippen LogP contribution in [-0.4, -0.2) is 54.6 Å². The van der Waals surface area contributed by atoms with E-state index in [0.717, 1.165) is 17.5 Å². The first-order chi connectivity index (χ1) is 17.0. The van der Waals surface area contributed by atoms with Gasteiger partial charge in [-0.3, -0.25) is 4.79 Å². The maximum Gasteiger partial charge on any atom is 0.407 e. The lowest BCUT2D eigenvalue weighted by atomic mass is 10.0. The van der Waals surface area contributed by atoms with Crippen LogP contribution >= 0.6 is 0 Å². The Morgan fingerprint density at radius 3 is 2.36 bits per heavy atom. The molecule has 8 heteroatoms. The van der Waals surface area contributed by atoms with Gasteiger partial charge in [-0.25, -0.2) is 9.78 Å². The summed E-state index contributed by atoms with van der Waals surface area (Å²) in [6.45, 7) is 13.2. The third-order valence-corrected chi connectivity index (χ3v) is 6.77. The molecule has 3 atom stereocenters. The van der Waals surface area contributed by atoms with Crippen LogP contribution in [0.3, 0.4) is 0 Å². The lowest BCUT2D eigenvalue weighted by molar-refractivity contribution is -0.135. The fraction of sp³-hybridized carbons (Fsp3) is 0.464. The Hall–Kier alpha value is -3.49. The maximum atomic E-state index is 13.4. The number of nitrogens with zero attached hydrogens (tertiary/aromatic N) is 2. The van der Waals surface area contributed by atoms with Crippen molar-refractivity contribution in [1.29, 1.82) is 0 Å². The number of ether oxygens (including phenoxy) is 1. The number of aromatic nitrogens is 2. The number of amides is 2. The summed E-state index contributed by atoms with van der Waals surface area (Å²) in [7, 11) is -0.117. The second kappa shape index (κ2) is 11.5. The van der Waals surface area contributed by atoms with Gasteiger partial charge in [0.25, 0.3) is 0 Å². The van der Waals surface area contributed by atoms with Gasteiger partial charge in [0, 0.05) is 23.9 Å². The predicted molar refractivity (Wildman–Crippen MR) is 144 cm³/mol. The summed E-state index contributed by atoms with van der Waals surface area (Å²) in [5, 5.41) is 2.68. The molecule has 1 aromatic heterocycles. The van der Waals surface area contributed by atoms with E-state index in [1.807, 2.05) is 43.0 Å². The Kier molecular flexibility index (Phi) is 8.65. The van der Waals surface area contributed by atoms with Gasteiger partial charge in [-0.05, 0) is 48.4 Å². The van der Waals surface area contributed by atoms with Crippen LogP contribution in [0.1, 0.15) is 55.9 Å². The van der Waals surface area contributed by atoms with E-state index in [1.54, 1.807) is 6.20 Å². The molecule has 36 heavy (non-hydrogen) atoms. The third-order valence-electron chi connectivity index (χ3n) is 5.90. The number of likely N-dealkylation sites (tertiary alicyclic amines) is 1. The van der Waals surface area contributed by atoms with Gasteiger partial charge >= 0.3 is 6.09 Å². The minimum absolute atomic E-state index is 0.0842. The fourth-order valence-corrected chi connectivity index (χ4v) is 4.55. The molecule has 1 fully saturated rings. The molecule has 190 valence electrons. The Labute approximate surface area is 215 Å². The van der Waals surface area contributed by atoms with Crippen molar-refractivity contribution in [3.05, 3.63) is 53.1 Å². The molecular weight excluding hydrogens is 468 g/mol. The zero-order valence-corrected chi connectivity index (χ0v) is 23.2. The highest BCUT2D eigenvalue weighted by Gasteiger charge is 2.40. The zero-order valence-electron chi connectivity index (χ0n) is 22.2. The molecule has 0 saturated carbocycles. The zero-order chi connectivity index (χ0) is 26.5. The lowest BCUT2D eigenvalue weighted by Crippen LogP contribution is -2.51. The molecule has 7 nitrogen and oxygen atoms in total. The minimum Gasteiger partial charge on any atom is -0.453 e. The van der Waals surface area contributed by atoms with E-state index in [9.17, 15) is 9.59 Å². The summed E-state index contributed by atoms with van der Waals surface area (Å²) in [4.78, 5) is 34.9. The molecular formula is C28H36N4O3Si. The quantitative estimate of drug-likeness (QED) is 0.479. The first-order valence-corrected chi connectivity index (χ1v) is 15.8. The molecule has 0 unspecified atom stereocenters. The summed E-state index contributed by atoms with van der Waals surface area (Å²) in [6.07, 6.45) is 1.95. The van der Waals surface area contributed by atoms with Crippen LogP contribution in [0.2, 0.25) is 19.6 Å². The van der Waals surface area contributed by atoms with Gasteiger partial charge in [0.05, 0.1) is 13.2 Å². The molecule has 0 spiro atoms. The highest BCUT2D eigenvalue weighted by atomic mass is 28.3. The van der Waals surface area contributed by atoms with Crippen LogP contribution in [0.25, 0.3) is 0 Å². The van der Waals surface area contributed by atoms with Gasteiger partial charge in [0.1, 0.15) is 25.6 Å². The second-order valence-electron chi connectivity index (χ2n) is 10.7. The second-order valence-corrected chi connectivity index (χ2v) is 15.5. The average molecular weight is 505 g/mol. The van der Waals surface area contributed by atoms with Crippen molar-refractivity contribution in [3.8, 4) is 23.3 Å². The molecule has 2 N–H and O–H groups in total. The molecule has 0 bridgehead atoms. The number of rotatable bonds is 4. The molecule has 1 aliphatic rings. The highest BCUT2D eigenvalue weighted by molar-refractivity contribution is 6.83. The predicted octanol–water partition coefficient (Wildman–Crippen LogP) is 4.33. The largest absolute Gasteiger partial charge is 0.453 e. The molecule has 2 aromatic rings. The SMILES string of the molecule is COC(=O)N[C@H](C(=O)N1C[C@@H](C)C[C@H]1c1nc(C#Cc2ccc(C#C[Si](C)(C)C)cc2)c[nH]1)C(C)C. The van der Waals surface area contributed by atoms with Gasteiger partial charge in [0.15, 0.2) is 0 Å². The standard InChI is InChI=1S/C28H36N4O3Si/c1-19(2)25(31-28(34)35-4)27(33)32-18-20(3)16-24(32)26-29-17-23(30-26)13-12-21-8-10-22(11-9-21)14-15-36(5,6)7/h8-11,17,19-20,24-25H,16,18H2,1-7H3,(H,29,30)(H,31,34)/t20-,24-,25-/m0/s1.